The fourth-order valence-corrected chi connectivity index (χ4v) is 1.21. The fourth-order valence-electron chi connectivity index (χ4n) is 1.21. The predicted octanol–water partition coefficient (Wildman–Crippen LogP) is 3.73. The highest BCUT2D eigenvalue weighted by atomic mass is 19.4. The first kappa shape index (κ1) is 10.2. The lowest BCUT2D eigenvalue weighted by atomic mass is 10.1. The summed E-state index contributed by atoms with van der Waals surface area (Å²) in [4.78, 5) is 0. The van der Waals surface area contributed by atoms with Crippen LogP contribution in [0.15, 0.2) is 10.5 Å². The molecule has 0 amide bonds. The van der Waals surface area contributed by atoms with Crippen LogP contribution in [-0.2, 0) is 6.18 Å². The second-order valence-corrected chi connectivity index (χ2v) is 3.31. The van der Waals surface area contributed by atoms with E-state index in [1.165, 1.54) is 0 Å². The molecule has 1 nitrogen and oxygen atoms in total. The van der Waals surface area contributed by atoms with Gasteiger partial charge in [0.1, 0.15) is 5.76 Å². The van der Waals surface area contributed by atoms with Crippen molar-refractivity contribution in [3.8, 4) is 0 Å². The minimum Gasteiger partial charge on any atom is -0.456 e. The van der Waals surface area contributed by atoms with E-state index >= 15 is 0 Å². The zero-order valence-corrected chi connectivity index (χ0v) is 7.70. The van der Waals surface area contributed by atoms with Crippen molar-refractivity contribution in [1.29, 1.82) is 0 Å². The highest BCUT2D eigenvalue weighted by Gasteiger charge is 2.35. The normalized spacial score (nSPS) is 12.5. The van der Waals surface area contributed by atoms with E-state index in [0.29, 0.717) is 11.3 Å². The number of halogens is 3. The fraction of sp³-hybridized carbons (Fsp3) is 0.556. The Kier molecular flexibility index (Phi) is 2.41. The first-order chi connectivity index (χ1) is 5.82. The van der Waals surface area contributed by atoms with E-state index in [1.54, 1.807) is 20.8 Å². The summed E-state index contributed by atoms with van der Waals surface area (Å²) in [5.41, 5.74) is 0.558. The molecule has 1 rings (SSSR count). The van der Waals surface area contributed by atoms with Gasteiger partial charge in [-0.1, -0.05) is 13.8 Å². The largest absolute Gasteiger partial charge is 0.456 e. The molecule has 0 aliphatic carbocycles. The molecular weight excluding hydrogens is 181 g/mol. The molecular formula is C9H11F3O. The summed E-state index contributed by atoms with van der Waals surface area (Å²) in [5.74, 6) is -0.517. The Morgan fingerprint density at radius 1 is 1.31 bits per heavy atom. The Bertz CT molecular complexity index is 296. The maximum Gasteiger partial charge on any atom is 0.449 e. The molecule has 0 spiro atoms. The van der Waals surface area contributed by atoms with E-state index in [-0.39, 0.29) is 5.92 Å². The summed E-state index contributed by atoms with van der Waals surface area (Å²) in [6.07, 6.45) is -4.38. The molecule has 0 radical (unpaired) electrons. The Labute approximate surface area is 74.5 Å². The first-order valence-corrected chi connectivity index (χ1v) is 4.00. The third-order valence-corrected chi connectivity index (χ3v) is 1.76. The van der Waals surface area contributed by atoms with Gasteiger partial charge in [0.05, 0.1) is 0 Å². The molecule has 1 aromatic rings. The van der Waals surface area contributed by atoms with E-state index in [1.807, 2.05) is 0 Å². The minimum absolute atomic E-state index is 0.0175. The van der Waals surface area contributed by atoms with Crippen molar-refractivity contribution in [1.82, 2.24) is 0 Å². The molecule has 74 valence electrons. The van der Waals surface area contributed by atoms with Gasteiger partial charge in [-0.2, -0.15) is 13.2 Å². The van der Waals surface area contributed by atoms with E-state index < -0.39 is 11.9 Å². The van der Waals surface area contributed by atoms with E-state index in [2.05, 4.69) is 0 Å². The third kappa shape index (κ3) is 2.05. The van der Waals surface area contributed by atoms with Gasteiger partial charge in [-0.05, 0) is 18.6 Å². The van der Waals surface area contributed by atoms with Crippen LogP contribution in [0.3, 0.4) is 0 Å². The molecule has 0 aromatic carbocycles. The molecule has 0 saturated heterocycles. The average molecular weight is 192 g/mol. The Morgan fingerprint density at radius 2 is 1.85 bits per heavy atom. The van der Waals surface area contributed by atoms with Crippen LogP contribution in [0.1, 0.15) is 36.8 Å². The molecule has 0 N–H and O–H groups in total. The smallest absolute Gasteiger partial charge is 0.449 e. The maximum atomic E-state index is 12.2. The molecule has 13 heavy (non-hydrogen) atoms. The lowest BCUT2D eigenvalue weighted by molar-refractivity contribution is -0.153. The Balaban J connectivity index is 3.10. The van der Waals surface area contributed by atoms with Gasteiger partial charge >= 0.3 is 6.18 Å². The molecule has 1 aromatic heterocycles. The molecule has 0 fully saturated rings. The summed E-state index contributed by atoms with van der Waals surface area (Å²) in [5, 5.41) is 0. The van der Waals surface area contributed by atoms with Crippen LogP contribution in [0.5, 0.6) is 0 Å². The van der Waals surface area contributed by atoms with Crippen molar-refractivity contribution in [2.24, 2.45) is 0 Å². The summed E-state index contributed by atoms with van der Waals surface area (Å²) in [6, 6.07) is 1.04. The van der Waals surface area contributed by atoms with Crippen LogP contribution >= 0.6 is 0 Å². The number of hydrogen-bond acceptors (Lipinski definition) is 1. The Morgan fingerprint density at radius 3 is 2.08 bits per heavy atom. The topological polar surface area (TPSA) is 13.1 Å². The van der Waals surface area contributed by atoms with Crippen molar-refractivity contribution in [2.75, 3.05) is 0 Å². The molecule has 4 heteroatoms. The zero-order valence-electron chi connectivity index (χ0n) is 7.70. The molecule has 0 unspecified atom stereocenters. The van der Waals surface area contributed by atoms with E-state index in [9.17, 15) is 13.2 Å². The van der Waals surface area contributed by atoms with Crippen LogP contribution in [0, 0.1) is 6.92 Å². The molecule has 1 heterocycles. The molecule has 0 aliphatic heterocycles. The number of aryl methyl sites for hydroxylation is 1. The number of hydrogen-bond donors (Lipinski definition) is 0. The quantitative estimate of drug-likeness (QED) is 0.660. The lowest BCUT2D eigenvalue weighted by Gasteiger charge is -2.02. The summed E-state index contributed by atoms with van der Waals surface area (Å²) < 4.78 is 41.2. The minimum atomic E-state index is -4.38. The highest BCUT2D eigenvalue weighted by Crippen LogP contribution is 2.34. The maximum absolute atomic E-state index is 12.2. The lowest BCUT2D eigenvalue weighted by Crippen LogP contribution is -2.02. The van der Waals surface area contributed by atoms with Crippen molar-refractivity contribution < 1.29 is 17.6 Å². The van der Waals surface area contributed by atoms with Crippen LogP contribution in [-0.4, -0.2) is 0 Å². The first-order valence-electron chi connectivity index (χ1n) is 4.00. The number of rotatable bonds is 1. The van der Waals surface area contributed by atoms with Crippen molar-refractivity contribution in [3.05, 3.63) is 23.2 Å². The average Bonchev–Trinajstić information content (AvgIpc) is 2.29. The molecule has 0 saturated carbocycles. The second kappa shape index (κ2) is 3.09. The van der Waals surface area contributed by atoms with Gasteiger partial charge in [0.25, 0.3) is 0 Å². The van der Waals surface area contributed by atoms with E-state index in [4.69, 9.17) is 4.42 Å². The van der Waals surface area contributed by atoms with Crippen LogP contribution in [0.2, 0.25) is 0 Å². The van der Waals surface area contributed by atoms with Crippen LogP contribution < -0.4 is 0 Å². The van der Waals surface area contributed by atoms with E-state index in [0.717, 1.165) is 6.07 Å². The van der Waals surface area contributed by atoms with Gasteiger partial charge in [0, 0.05) is 5.92 Å². The van der Waals surface area contributed by atoms with Gasteiger partial charge < -0.3 is 4.42 Å². The van der Waals surface area contributed by atoms with Gasteiger partial charge in [-0.25, -0.2) is 0 Å². The molecule has 0 bridgehead atoms. The predicted molar refractivity (Wildman–Crippen MR) is 42.5 cm³/mol. The van der Waals surface area contributed by atoms with Crippen molar-refractivity contribution in [3.63, 3.8) is 0 Å². The zero-order chi connectivity index (χ0) is 10.2. The van der Waals surface area contributed by atoms with Crippen molar-refractivity contribution >= 4 is 0 Å². The highest BCUT2D eigenvalue weighted by molar-refractivity contribution is 5.23. The number of furan rings is 1. The van der Waals surface area contributed by atoms with Gasteiger partial charge in [0.15, 0.2) is 0 Å². The SMILES string of the molecule is Cc1cc(C(F)(F)F)oc1C(C)C. The summed E-state index contributed by atoms with van der Waals surface area (Å²) in [6.45, 7) is 5.21. The van der Waals surface area contributed by atoms with Gasteiger partial charge in [0.2, 0.25) is 5.76 Å². The summed E-state index contributed by atoms with van der Waals surface area (Å²) >= 11 is 0. The van der Waals surface area contributed by atoms with Gasteiger partial charge in [-0.3, -0.25) is 0 Å². The number of alkyl halides is 3. The Hall–Kier alpha value is -0.930. The molecule has 0 aliphatic rings. The third-order valence-electron chi connectivity index (χ3n) is 1.76. The van der Waals surface area contributed by atoms with Crippen molar-refractivity contribution in [2.45, 2.75) is 32.9 Å². The second-order valence-electron chi connectivity index (χ2n) is 3.31. The van der Waals surface area contributed by atoms with Crippen LogP contribution in [0.25, 0.3) is 0 Å². The summed E-state index contributed by atoms with van der Waals surface area (Å²) in [7, 11) is 0. The monoisotopic (exact) mass is 192 g/mol. The molecule has 0 atom stereocenters. The standard InChI is InChI=1S/C9H11F3O/c1-5(2)8-6(3)4-7(13-8)9(10,11)12/h4-5H,1-3H3. The van der Waals surface area contributed by atoms with Crippen LogP contribution in [0.4, 0.5) is 13.2 Å². The van der Waals surface area contributed by atoms with Gasteiger partial charge in [-0.15, -0.1) is 0 Å².